The van der Waals surface area contributed by atoms with Crippen molar-refractivity contribution in [3.05, 3.63) is 77.0 Å². The van der Waals surface area contributed by atoms with Gasteiger partial charge in [0.25, 0.3) is 0 Å². The van der Waals surface area contributed by atoms with Crippen molar-refractivity contribution in [1.29, 1.82) is 0 Å². The van der Waals surface area contributed by atoms with E-state index in [9.17, 15) is 0 Å². The van der Waals surface area contributed by atoms with Crippen molar-refractivity contribution in [1.82, 2.24) is 9.97 Å². The maximum atomic E-state index is 5.40. The zero-order valence-corrected chi connectivity index (χ0v) is 16.1. The van der Waals surface area contributed by atoms with E-state index in [4.69, 9.17) is 4.74 Å². The Morgan fingerprint density at radius 1 is 0.926 bits per heavy atom. The topological polar surface area (TPSA) is 59.1 Å². The Bertz CT molecular complexity index is 895. The van der Waals surface area contributed by atoms with Gasteiger partial charge in [-0.25, -0.2) is 4.98 Å². The lowest BCUT2D eigenvalue weighted by Crippen LogP contribution is -2.11. The van der Waals surface area contributed by atoms with Crippen LogP contribution in [0.5, 0.6) is 5.75 Å². The van der Waals surface area contributed by atoms with E-state index < -0.39 is 0 Å². The van der Waals surface area contributed by atoms with E-state index in [1.54, 1.807) is 7.11 Å². The number of nitrogens with one attached hydrogen (secondary N) is 2. The molecule has 0 aliphatic rings. The summed E-state index contributed by atoms with van der Waals surface area (Å²) in [5.41, 5.74) is 4.58. The van der Waals surface area contributed by atoms with Gasteiger partial charge in [0.05, 0.1) is 7.11 Å². The highest BCUT2D eigenvalue weighted by Gasteiger charge is 2.05. The highest BCUT2D eigenvalue weighted by Crippen LogP contribution is 2.18. The van der Waals surface area contributed by atoms with Crippen molar-refractivity contribution in [3.8, 4) is 5.75 Å². The van der Waals surface area contributed by atoms with E-state index in [-0.39, 0.29) is 0 Å². The first kappa shape index (κ1) is 18.7. The molecule has 1 aromatic heterocycles. The molecule has 0 spiro atoms. The highest BCUT2D eigenvalue weighted by atomic mass is 16.5. The number of benzene rings is 2. The SMILES string of the molecule is COc1ccccc1CCNc1nc(C)cc(NCc2cccc(C)c2)n1. The number of hydrogen-bond donors (Lipinski definition) is 2. The standard InChI is InChI=1S/C22H26N4O/c1-16-7-6-8-18(13-16)15-24-21-14-17(2)25-22(26-21)23-12-11-19-9-4-5-10-20(19)27-3/h4-10,13-14H,11-12,15H2,1-3H3,(H2,23,24,25,26). The summed E-state index contributed by atoms with van der Waals surface area (Å²) in [5.74, 6) is 2.37. The molecular weight excluding hydrogens is 336 g/mol. The van der Waals surface area contributed by atoms with Gasteiger partial charge in [0.15, 0.2) is 0 Å². The Labute approximate surface area is 160 Å². The minimum Gasteiger partial charge on any atom is -0.496 e. The van der Waals surface area contributed by atoms with Crippen molar-refractivity contribution in [2.24, 2.45) is 0 Å². The van der Waals surface area contributed by atoms with Gasteiger partial charge in [-0.05, 0) is 37.5 Å². The normalized spacial score (nSPS) is 10.5. The maximum Gasteiger partial charge on any atom is 0.224 e. The second-order valence-electron chi connectivity index (χ2n) is 6.55. The first-order valence-corrected chi connectivity index (χ1v) is 9.15. The summed E-state index contributed by atoms with van der Waals surface area (Å²) in [6.45, 7) is 5.55. The molecule has 0 fully saturated rings. The van der Waals surface area contributed by atoms with E-state index in [1.807, 2.05) is 31.2 Å². The molecule has 0 saturated heterocycles. The molecule has 3 rings (SSSR count). The lowest BCUT2D eigenvalue weighted by atomic mass is 10.1. The molecule has 0 bridgehead atoms. The van der Waals surface area contributed by atoms with E-state index in [2.05, 4.69) is 57.9 Å². The second-order valence-corrected chi connectivity index (χ2v) is 6.55. The Kier molecular flexibility index (Phi) is 6.26. The first-order valence-electron chi connectivity index (χ1n) is 9.15. The van der Waals surface area contributed by atoms with Crippen LogP contribution >= 0.6 is 0 Å². The van der Waals surface area contributed by atoms with Gasteiger partial charge < -0.3 is 15.4 Å². The summed E-state index contributed by atoms with van der Waals surface area (Å²) in [6, 6.07) is 18.5. The Balaban J connectivity index is 1.59. The molecule has 1 heterocycles. The highest BCUT2D eigenvalue weighted by molar-refractivity contribution is 5.43. The summed E-state index contributed by atoms with van der Waals surface area (Å²) in [6.07, 6.45) is 0.841. The van der Waals surface area contributed by atoms with Crippen molar-refractivity contribution in [3.63, 3.8) is 0 Å². The molecule has 2 aromatic carbocycles. The van der Waals surface area contributed by atoms with Crippen LogP contribution in [0.2, 0.25) is 0 Å². The van der Waals surface area contributed by atoms with Crippen molar-refractivity contribution >= 4 is 11.8 Å². The van der Waals surface area contributed by atoms with Crippen LogP contribution in [0.4, 0.5) is 11.8 Å². The van der Waals surface area contributed by atoms with Gasteiger partial charge in [0.2, 0.25) is 5.95 Å². The number of aromatic nitrogens is 2. The van der Waals surface area contributed by atoms with Gasteiger partial charge in [-0.3, -0.25) is 0 Å². The lowest BCUT2D eigenvalue weighted by Gasteiger charge is -2.11. The van der Waals surface area contributed by atoms with Gasteiger partial charge >= 0.3 is 0 Å². The number of anilines is 2. The summed E-state index contributed by atoms with van der Waals surface area (Å²) < 4.78 is 5.40. The zero-order valence-electron chi connectivity index (χ0n) is 16.1. The second kappa shape index (κ2) is 9.03. The molecule has 0 aliphatic carbocycles. The van der Waals surface area contributed by atoms with Gasteiger partial charge in [-0.1, -0.05) is 48.0 Å². The molecule has 0 radical (unpaired) electrons. The average Bonchev–Trinajstić information content (AvgIpc) is 2.66. The summed E-state index contributed by atoms with van der Waals surface area (Å²) in [5, 5.41) is 6.70. The zero-order chi connectivity index (χ0) is 19.1. The maximum absolute atomic E-state index is 5.40. The molecule has 140 valence electrons. The molecule has 0 amide bonds. The molecule has 5 heteroatoms. The van der Waals surface area contributed by atoms with Crippen LogP contribution in [0.3, 0.4) is 0 Å². The first-order chi connectivity index (χ1) is 13.1. The molecular formula is C22H26N4O. The van der Waals surface area contributed by atoms with E-state index in [0.717, 1.165) is 42.3 Å². The van der Waals surface area contributed by atoms with Gasteiger partial charge in [-0.15, -0.1) is 0 Å². The molecule has 0 unspecified atom stereocenters. The number of hydrogen-bond acceptors (Lipinski definition) is 5. The quantitative estimate of drug-likeness (QED) is 0.623. The Hall–Kier alpha value is -3.08. The van der Waals surface area contributed by atoms with Crippen LogP contribution in [-0.4, -0.2) is 23.6 Å². The lowest BCUT2D eigenvalue weighted by molar-refractivity contribution is 0.410. The fourth-order valence-electron chi connectivity index (χ4n) is 2.97. The molecule has 27 heavy (non-hydrogen) atoms. The number of para-hydroxylation sites is 1. The van der Waals surface area contributed by atoms with Gasteiger partial charge in [0, 0.05) is 24.8 Å². The summed E-state index contributed by atoms with van der Waals surface area (Å²) in [4.78, 5) is 9.06. The van der Waals surface area contributed by atoms with Gasteiger partial charge in [-0.2, -0.15) is 4.98 Å². The summed E-state index contributed by atoms with van der Waals surface area (Å²) >= 11 is 0. The average molecular weight is 362 g/mol. The van der Waals surface area contributed by atoms with Crippen LogP contribution in [0.15, 0.2) is 54.6 Å². The third-order valence-electron chi connectivity index (χ3n) is 4.28. The molecule has 2 N–H and O–H groups in total. The molecule has 0 atom stereocenters. The fraction of sp³-hybridized carbons (Fsp3) is 0.273. The van der Waals surface area contributed by atoms with Crippen molar-refractivity contribution in [2.75, 3.05) is 24.3 Å². The third-order valence-corrected chi connectivity index (χ3v) is 4.28. The minimum atomic E-state index is 0.636. The number of nitrogens with zero attached hydrogens (tertiary/aromatic N) is 2. The number of rotatable bonds is 8. The van der Waals surface area contributed by atoms with Crippen molar-refractivity contribution in [2.45, 2.75) is 26.8 Å². The van der Waals surface area contributed by atoms with E-state index >= 15 is 0 Å². The predicted molar refractivity (Wildman–Crippen MR) is 110 cm³/mol. The molecule has 0 saturated carbocycles. The minimum absolute atomic E-state index is 0.636. The predicted octanol–water partition coefficient (Wildman–Crippen LogP) is 4.37. The van der Waals surface area contributed by atoms with Crippen LogP contribution in [0.1, 0.15) is 22.4 Å². The largest absolute Gasteiger partial charge is 0.496 e. The van der Waals surface area contributed by atoms with Crippen molar-refractivity contribution < 1.29 is 4.74 Å². The summed E-state index contributed by atoms with van der Waals surface area (Å²) in [7, 11) is 1.70. The number of ether oxygens (including phenoxy) is 1. The van der Waals surface area contributed by atoms with Gasteiger partial charge in [0.1, 0.15) is 11.6 Å². The van der Waals surface area contributed by atoms with Crippen LogP contribution in [-0.2, 0) is 13.0 Å². The van der Waals surface area contributed by atoms with Crippen LogP contribution in [0, 0.1) is 13.8 Å². The molecule has 5 nitrogen and oxygen atoms in total. The molecule has 0 aliphatic heterocycles. The number of methoxy groups -OCH3 is 1. The Morgan fingerprint density at radius 2 is 1.78 bits per heavy atom. The van der Waals surface area contributed by atoms with Crippen LogP contribution in [0.25, 0.3) is 0 Å². The van der Waals surface area contributed by atoms with E-state index in [0.29, 0.717) is 5.95 Å². The fourth-order valence-corrected chi connectivity index (χ4v) is 2.97. The van der Waals surface area contributed by atoms with Crippen LogP contribution < -0.4 is 15.4 Å². The van der Waals surface area contributed by atoms with E-state index in [1.165, 1.54) is 11.1 Å². The third kappa shape index (κ3) is 5.45. The smallest absolute Gasteiger partial charge is 0.224 e. The number of aryl methyl sites for hydroxylation is 2. The Morgan fingerprint density at radius 3 is 2.59 bits per heavy atom. The molecule has 3 aromatic rings. The monoisotopic (exact) mass is 362 g/mol.